The van der Waals surface area contributed by atoms with Crippen LogP contribution >= 0.6 is 0 Å². The first-order valence-corrected chi connectivity index (χ1v) is 10.4. The minimum atomic E-state index is -1.13. The topological polar surface area (TPSA) is 122 Å². The highest BCUT2D eigenvalue weighted by Crippen LogP contribution is 2.09. The van der Waals surface area contributed by atoms with Crippen LogP contribution in [0.4, 0.5) is 0 Å². The lowest BCUT2D eigenvalue weighted by Crippen LogP contribution is -2.55. The van der Waals surface area contributed by atoms with E-state index in [2.05, 4.69) is 10.6 Å². The van der Waals surface area contributed by atoms with Crippen LogP contribution in [0.2, 0.25) is 0 Å². The molecule has 7 heteroatoms. The van der Waals surface area contributed by atoms with Crippen molar-refractivity contribution in [2.24, 2.45) is 11.7 Å². The summed E-state index contributed by atoms with van der Waals surface area (Å²) in [5, 5.41) is 14.8. The van der Waals surface area contributed by atoms with Gasteiger partial charge in [0, 0.05) is 6.42 Å². The number of hydrogen-bond acceptors (Lipinski definition) is 4. The minimum Gasteiger partial charge on any atom is -0.480 e. The lowest BCUT2D eigenvalue weighted by Gasteiger charge is -2.24. The number of aliphatic carboxylic acids is 1. The van der Waals surface area contributed by atoms with Crippen LogP contribution in [-0.2, 0) is 27.2 Å². The van der Waals surface area contributed by atoms with E-state index in [4.69, 9.17) is 5.73 Å². The van der Waals surface area contributed by atoms with Crippen LogP contribution in [0, 0.1) is 5.92 Å². The summed E-state index contributed by atoms with van der Waals surface area (Å²) in [7, 11) is 0. The average Bonchev–Trinajstić information content (AvgIpc) is 2.73. The second kappa shape index (κ2) is 11.9. The molecule has 0 radical (unpaired) electrons. The van der Waals surface area contributed by atoms with Crippen molar-refractivity contribution in [3.8, 4) is 0 Å². The molecular weight excluding hydrogens is 394 g/mol. The summed E-state index contributed by atoms with van der Waals surface area (Å²) in [6.07, 6.45) is 0.861. The summed E-state index contributed by atoms with van der Waals surface area (Å²) in [6, 6.07) is 15.7. The van der Waals surface area contributed by atoms with E-state index >= 15 is 0 Å². The summed E-state index contributed by atoms with van der Waals surface area (Å²) in [5.41, 5.74) is 7.76. The van der Waals surface area contributed by atoms with E-state index in [0.717, 1.165) is 11.1 Å². The van der Waals surface area contributed by atoms with Crippen molar-refractivity contribution in [1.29, 1.82) is 0 Å². The van der Waals surface area contributed by atoms with Gasteiger partial charge in [0.25, 0.3) is 0 Å². The summed E-state index contributed by atoms with van der Waals surface area (Å²) in [4.78, 5) is 37.2. The third-order valence-corrected chi connectivity index (χ3v) is 4.87. The largest absolute Gasteiger partial charge is 0.480 e. The van der Waals surface area contributed by atoms with Crippen LogP contribution < -0.4 is 16.4 Å². The quantitative estimate of drug-likeness (QED) is 0.438. The molecule has 2 amide bonds. The van der Waals surface area contributed by atoms with Crippen LogP contribution in [0.5, 0.6) is 0 Å². The van der Waals surface area contributed by atoms with Gasteiger partial charge in [-0.2, -0.15) is 0 Å². The number of carboxylic acids is 1. The first-order chi connectivity index (χ1) is 14.8. The van der Waals surface area contributed by atoms with Gasteiger partial charge in [-0.05, 0) is 29.9 Å². The predicted molar refractivity (Wildman–Crippen MR) is 119 cm³/mol. The first kappa shape index (κ1) is 24.1. The van der Waals surface area contributed by atoms with Crippen LogP contribution in [0.25, 0.3) is 0 Å². The molecule has 166 valence electrons. The second-order valence-corrected chi connectivity index (χ2v) is 8.08. The molecule has 0 aliphatic heterocycles. The zero-order valence-corrected chi connectivity index (χ0v) is 18.0. The van der Waals surface area contributed by atoms with Gasteiger partial charge in [-0.1, -0.05) is 74.5 Å². The summed E-state index contributed by atoms with van der Waals surface area (Å²) >= 11 is 0. The Labute approximate surface area is 183 Å². The maximum Gasteiger partial charge on any atom is 0.326 e. The molecule has 0 fully saturated rings. The molecule has 0 aliphatic carbocycles. The van der Waals surface area contributed by atoms with Gasteiger partial charge < -0.3 is 21.5 Å². The maximum atomic E-state index is 12.9. The Bertz CT molecular complexity index is 856. The van der Waals surface area contributed by atoms with Crippen LogP contribution in [0.1, 0.15) is 31.4 Å². The third-order valence-electron chi connectivity index (χ3n) is 4.87. The molecule has 0 heterocycles. The van der Waals surface area contributed by atoms with Gasteiger partial charge in [0.1, 0.15) is 12.1 Å². The molecule has 31 heavy (non-hydrogen) atoms. The van der Waals surface area contributed by atoms with Gasteiger partial charge in [-0.25, -0.2) is 4.79 Å². The molecule has 0 saturated heterocycles. The Balaban J connectivity index is 2.04. The van der Waals surface area contributed by atoms with Crippen molar-refractivity contribution < 1.29 is 19.5 Å². The number of nitrogens with two attached hydrogens (primary N) is 1. The molecule has 7 nitrogen and oxygen atoms in total. The lowest BCUT2D eigenvalue weighted by atomic mass is 10.0. The molecule has 2 aromatic carbocycles. The van der Waals surface area contributed by atoms with Crippen molar-refractivity contribution in [2.75, 3.05) is 0 Å². The van der Waals surface area contributed by atoms with Gasteiger partial charge in [0.2, 0.25) is 11.8 Å². The van der Waals surface area contributed by atoms with Crippen molar-refractivity contribution in [3.63, 3.8) is 0 Å². The van der Waals surface area contributed by atoms with E-state index in [0.29, 0.717) is 12.8 Å². The first-order valence-electron chi connectivity index (χ1n) is 10.4. The fourth-order valence-electron chi connectivity index (χ4n) is 3.26. The molecule has 5 N–H and O–H groups in total. The summed E-state index contributed by atoms with van der Waals surface area (Å²) in [5.74, 6) is -2.00. The SMILES string of the molecule is CC(C)C[C@H](NC(=O)[C@H](N)Cc1ccccc1)C(=O)N[C@@H](Cc1ccccc1)C(=O)O. The highest BCUT2D eigenvalue weighted by Gasteiger charge is 2.28. The molecule has 3 atom stereocenters. The third kappa shape index (κ3) is 8.22. The van der Waals surface area contributed by atoms with Gasteiger partial charge in [0.05, 0.1) is 6.04 Å². The number of nitrogens with one attached hydrogen (secondary N) is 2. The van der Waals surface area contributed by atoms with E-state index in [9.17, 15) is 19.5 Å². The maximum absolute atomic E-state index is 12.9. The highest BCUT2D eigenvalue weighted by atomic mass is 16.4. The van der Waals surface area contributed by atoms with Crippen molar-refractivity contribution in [2.45, 2.75) is 51.2 Å². The minimum absolute atomic E-state index is 0.110. The van der Waals surface area contributed by atoms with Crippen molar-refractivity contribution >= 4 is 17.8 Å². The summed E-state index contributed by atoms with van der Waals surface area (Å²) < 4.78 is 0. The van der Waals surface area contributed by atoms with Crippen LogP contribution in [0.15, 0.2) is 60.7 Å². The summed E-state index contributed by atoms with van der Waals surface area (Å²) in [6.45, 7) is 3.85. The van der Waals surface area contributed by atoms with Crippen LogP contribution in [0.3, 0.4) is 0 Å². The second-order valence-electron chi connectivity index (χ2n) is 8.08. The highest BCUT2D eigenvalue weighted by molar-refractivity contribution is 5.91. The Morgan fingerprint density at radius 3 is 1.77 bits per heavy atom. The lowest BCUT2D eigenvalue weighted by molar-refractivity contribution is -0.142. The van der Waals surface area contributed by atoms with E-state index in [1.165, 1.54) is 0 Å². The zero-order chi connectivity index (χ0) is 22.8. The Kier molecular flexibility index (Phi) is 9.21. The molecule has 0 aromatic heterocycles. The Morgan fingerprint density at radius 1 is 0.806 bits per heavy atom. The van der Waals surface area contributed by atoms with E-state index < -0.39 is 35.9 Å². The molecule has 0 spiro atoms. The van der Waals surface area contributed by atoms with Gasteiger partial charge in [-0.3, -0.25) is 9.59 Å². The number of carboxylic acid groups (broad SMARTS) is 1. The predicted octanol–water partition coefficient (Wildman–Crippen LogP) is 1.90. The van der Waals surface area contributed by atoms with Gasteiger partial charge in [-0.15, -0.1) is 0 Å². The Hall–Kier alpha value is -3.19. The molecule has 0 bridgehead atoms. The number of rotatable bonds is 11. The molecule has 2 rings (SSSR count). The Morgan fingerprint density at radius 2 is 1.29 bits per heavy atom. The van der Waals surface area contributed by atoms with Gasteiger partial charge in [0.15, 0.2) is 0 Å². The fraction of sp³-hybridized carbons (Fsp3) is 0.375. The molecule has 0 aliphatic rings. The number of benzene rings is 2. The van der Waals surface area contributed by atoms with Crippen LogP contribution in [-0.4, -0.2) is 41.0 Å². The number of hydrogen-bond donors (Lipinski definition) is 4. The van der Waals surface area contributed by atoms with Gasteiger partial charge >= 0.3 is 5.97 Å². The molecule has 2 aromatic rings. The van der Waals surface area contributed by atoms with Crippen molar-refractivity contribution in [1.82, 2.24) is 10.6 Å². The van der Waals surface area contributed by atoms with Crippen molar-refractivity contribution in [3.05, 3.63) is 71.8 Å². The fourth-order valence-corrected chi connectivity index (χ4v) is 3.26. The molecular formula is C24H31N3O4. The van der Waals surface area contributed by atoms with E-state index in [-0.39, 0.29) is 12.3 Å². The monoisotopic (exact) mass is 425 g/mol. The zero-order valence-electron chi connectivity index (χ0n) is 18.0. The number of amides is 2. The number of carbonyl (C=O) groups excluding carboxylic acids is 2. The normalized spacial score (nSPS) is 13.8. The van der Waals surface area contributed by atoms with E-state index in [1.807, 2.05) is 62.4 Å². The van der Waals surface area contributed by atoms with E-state index in [1.54, 1.807) is 12.1 Å². The molecule has 0 unspecified atom stereocenters. The standard InChI is InChI=1S/C24H31N3O4/c1-16(2)13-20(26-22(28)19(25)14-17-9-5-3-6-10-17)23(29)27-21(24(30)31)15-18-11-7-4-8-12-18/h3-12,16,19-21H,13-15,25H2,1-2H3,(H,26,28)(H,27,29)(H,30,31)/t19-,20+,21+/m1/s1. The molecule has 0 saturated carbocycles. The number of carbonyl (C=O) groups is 3. The smallest absolute Gasteiger partial charge is 0.326 e. The average molecular weight is 426 g/mol.